The normalized spacial score (nSPS) is 19.3. The predicted molar refractivity (Wildman–Crippen MR) is 70.1 cm³/mol. The van der Waals surface area contributed by atoms with Crippen LogP contribution in [-0.4, -0.2) is 26.4 Å². The van der Waals surface area contributed by atoms with Gasteiger partial charge < -0.3 is 14.2 Å². The Morgan fingerprint density at radius 1 is 1.47 bits per heavy atom. The van der Waals surface area contributed by atoms with Gasteiger partial charge in [-0.1, -0.05) is 28.1 Å². The van der Waals surface area contributed by atoms with E-state index >= 15 is 0 Å². The monoisotopic (exact) mass is 300 g/mol. The molecule has 1 unspecified atom stereocenters. The van der Waals surface area contributed by atoms with Gasteiger partial charge in [0.25, 0.3) is 0 Å². The summed E-state index contributed by atoms with van der Waals surface area (Å²) >= 11 is 3.46. The van der Waals surface area contributed by atoms with E-state index in [9.17, 15) is 0 Å². The summed E-state index contributed by atoms with van der Waals surface area (Å²) in [6.45, 7) is 1.45. The molecule has 0 aliphatic carbocycles. The lowest BCUT2D eigenvalue weighted by Crippen LogP contribution is -2.17. The number of ether oxygens (including phenoxy) is 3. The summed E-state index contributed by atoms with van der Waals surface area (Å²) in [5, 5.41) is 0.755. The fourth-order valence-electron chi connectivity index (χ4n) is 1.94. The van der Waals surface area contributed by atoms with E-state index in [4.69, 9.17) is 14.2 Å². The third-order valence-corrected chi connectivity index (χ3v) is 3.47. The van der Waals surface area contributed by atoms with Crippen LogP contribution in [0.1, 0.15) is 18.4 Å². The molecule has 1 fully saturated rings. The Kier molecular flexibility index (Phi) is 4.68. The van der Waals surface area contributed by atoms with E-state index in [1.807, 2.05) is 18.2 Å². The highest BCUT2D eigenvalue weighted by atomic mass is 79.9. The second-order valence-corrected chi connectivity index (χ2v) is 4.59. The van der Waals surface area contributed by atoms with Crippen molar-refractivity contribution in [2.75, 3.05) is 20.3 Å². The van der Waals surface area contributed by atoms with Crippen molar-refractivity contribution in [1.29, 1.82) is 0 Å². The Balaban J connectivity index is 2.06. The number of methoxy groups -OCH3 is 1. The molecule has 1 aliphatic rings. The van der Waals surface area contributed by atoms with Crippen molar-refractivity contribution in [2.45, 2.75) is 24.3 Å². The summed E-state index contributed by atoms with van der Waals surface area (Å²) in [6.07, 6.45) is 2.44. The van der Waals surface area contributed by atoms with Crippen LogP contribution in [-0.2, 0) is 10.1 Å². The molecule has 2 rings (SSSR count). The van der Waals surface area contributed by atoms with Gasteiger partial charge in [0.2, 0.25) is 0 Å². The molecule has 0 radical (unpaired) electrons. The van der Waals surface area contributed by atoms with E-state index in [-0.39, 0.29) is 6.10 Å². The lowest BCUT2D eigenvalue weighted by molar-refractivity contribution is 0.0667. The highest BCUT2D eigenvalue weighted by molar-refractivity contribution is 9.08. The van der Waals surface area contributed by atoms with Crippen LogP contribution in [0.15, 0.2) is 18.2 Å². The third kappa shape index (κ3) is 3.13. The third-order valence-electron chi connectivity index (χ3n) is 2.86. The molecular formula is C13H17BrO3. The van der Waals surface area contributed by atoms with Crippen molar-refractivity contribution in [3.05, 3.63) is 23.8 Å². The molecule has 0 saturated carbocycles. The Hall–Kier alpha value is -0.740. The van der Waals surface area contributed by atoms with Crippen LogP contribution in [0, 0.1) is 0 Å². The van der Waals surface area contributed by atoms with Gasteiger partial charge in [0.15, 0.2) is 11.5 Å². The Morgan fingerprint density at radius 3 is 3.00 bits per heavy atom. The molecule has 94 valence electrons. The smallest absolute Gasteiger partial charge is 0.165 e. The molecule has 0 spiro atoms. The van der Waals surface area contributed by atoms with Crippen molar-refractivity contribution in [3.8, 4) is 11.5 Å². The Labute approximate surface area is 110 Å². The SMILES string of the molecule is COc1cccc(CBr)c1OCC1CCCO1. The van der Waals surface area contributed by atoms with E-state index < -0.39 is 0 Å². The molecule has 0 amide bonds. The lowest BCUT2D eigenvalue weighted by atomic mass is 10.2. The maximum atomic E-state index is 5.85. The minimum absolute atomic E-state index is 0.225. The average molecular weight is 301 g/mol. The number of alkyl halides is 1. The number of benzene rings is 1. The number of para-hydroxylation sites is 1. The molecule has 1 heterocycles. The summed E-state index contributed by atoms with van der Waals surface area (Å²) in [7, 11) is 1.66. The maximum absolute atomic E-state index is 5.85. The summed E-state index contributed by atoms with van der Waals surface area (Å²) in [6, 6.07) is 5.91. The first-order valence-corrected chi connectivity index (χ1v) is 6.93. The first-order chi connectivity index (χ1) is 8.35. The van der Waals surface area contributed by atoms with Gasteiger partial charge in [-0.15, -0.1) is 0 Å². The maximum Gasteiger partial charge on any atom is 0.165 e. The molecule has 17 heavy (non-hydrogen) atoms. The van der Waals surface area contributed by atoms with Crippen LogP contribution in [0.2, 0.25) is 0 Å². The molecule has 3 nitrogen and oxygen atoms in total. The number of halogens is 1. The van der Waals surface area contributed by atoms with E-state index in [1.165, 1.54) is 0 Å². The molecule has 1 aliphatic heterocycles. The zero-order valence-electron chi connectivity index (χ0n) is 9.95. The molecule has 1 saturated heterocycles. The van der Waals surface area contributed by atoms with Crippen molar-refractivity contribution in [1.82, 2.24) is 0 Å². The van der Waals surface area contributed by atoms with Crippen LogP contribution in [0.4, 0.5) is 0 Å². The number of hydrogen-bond acceptors (Lipinski definition) is 3. The van der Waals surface area contributed by atoms with E-state index in [0.717, 1.165) is 41.8 Å². The van der Waals surface area contributed by atoms with E-state index in [2.05, 4.69) is 15.9 Å². The molecule has 0 bridgehead atoms. The lowest BCUT2D eigenvalue weighted by Gasteiger charge is -2.16. The molecule has 4 heteroatoms. The van der Waals surface area contributed by atoms with Crippen molar-refractivity contribution in [2.24, 2.45) is 0 Å². The largest absolute Gasteiger partial charge is 0.493 e. The molecule has 0 N–H and O–H groups in total. The van der Waals surface area contributed by atoms with Gasteiger partial charge >= 0.3 is 0 Å². The van der Waals surface area contributed by atoms with Crippen molar-refractivity contribution >= 4 is 15.9 Å². The summed E-state index contributed by atoms with van der Waals surface area (Å²) < 4.78 is 16.7. The Morgan fingerprint density at radius 2 is 2.35 bits per heavy atom. The van der Waals surface area contributed by atoms with Crippen LogP contribution in [0.5, 0.6) is 11.5 Å². The van der Waals surface area contributed by atoms with Crippen LogP contribution < -0.4 is 9.47 Å². The first-order valence-electron chi connectivity index (χ1n) is 5.81. The molecule has 1 aromatic carbocycles. The van der Waals surface area contributed by atoms with Crippen LogP contribution in [0.3, 0.4) is 0 Å². The minimum atomic E-state index is 0.225. The fourth-order valence-corrected chi connectivity index (χ4v) is 2.38. The zero-order valence-corrected chi connectivity index (χ0v) is 11.5. The summed E-state index contributed by atoms with van der Waals surface area (Å²) in [5.74, 6) is 1.60. The van der Waals surface area contributed by atoms with E-state index in [0.29, 0.717) is 6.61 Å². The van der Waals surface area contributed by atoms with E-state index in [1.54, 1.807) is 7.11 Å². The Bertz CT molecular complexity index is 339. The average Bonchev–Trinajstić information content (AvgIpc) is 2.88. The quantitative estimate of drug-likeness (QED) is 0.782. The van der Waals surface area contributed by atoms with Gasteiger partial charge in [-0.3, -0.25) is 0 Å². The molecule has 1 aromatic rings. The topological polar surface area (TPSA) is 27.7 Å². The molecule has 0 aromatic heterocycles. The van der Waals surface area contributed by atoms with Crippen molar-refractivity contribution < 1.29 is 14.2 Å². The summed E-state index contributed by atoms with van der Waals surface area (Å²) in [5.41, 5.74) is 1.10. The van der Waals surface area contributed by atoms with Gasteiger partial charge in [-0.05, 0) is 18.9 Å². The van der Waals surface area contributed by atoms with Crippen LogP contribution in [0.25, 0.3) is 0 Å². The van der Waals surface area contributed by atoms with Gasteiger partial charge in [-0.25, -0.2) is 0 Å². The molecule has 1 atom stereocenters. The van der Waals surface area contributed by atoms with Crippen molar-refractivity contribution in [3.63, 3.8) is 0 Å². The highest BCUT2D eigenvalue weighted by Gasteiger charge is 2.18. The van der Waals surface area contributed by atoms with Gasteiger partial charge in [0, 0.05) is 17.5 Å². The minimum Gasteiger partial charge on any atom is -0.493 e. The van der Waals surface area contributed by atoms with Gasteiger partial charge in [0.1, 0.15) is 6.61 Å². The number of rotatable bonds is 5. The predicted octanol–water partition coefficient (Wildman–Crippen LogP) is 3.15. The number of hydrogen-bond donors (Lipinski definition) is 0. The highest BCUT2D eigenvalue weighted by Crippen LogP contribution is 2.32. The van der Waals surface area contributed by atoms with Crippen LogP contribution >= 0.6 is 15.9 Å². The standard InChI is InChI=1S/C13H17BrO3/c1-15-12-6-2-4-10(8-14)13(12)17-9-11-5-3-7-16-11/h2,4,6,11H,3,5,7-9H2,1H3. The first kappa shape index (κ1) is 12.7. The summed E-state index contributed by atoms with van der Waals surface area (Å²) in [4.78, 5) is 0. The second-order valence-electron chi connectivity index (χ2n) is 4.03. The zero-order chi connectivity index (χ0) is 12.1. The van der Waals surface area contributed by atoms with Gasteiger partial charge in [0.05, 0.1) is 13.2 Å². The second kappa shape index (κ2) is 6.26. The fraction of sp³-hybridized carbons (Fsp3) is 0.538. The molecular weight excluding hydrogens is 284 g/mol. The van der Waals surface area contributed by atoms with Gasteiger partial charge in [-0.2, -0.15) is 0 Å².